The largest absolute Gasteiger partial charge is 0.571 e. The molecule has 1 aromatic rings. The van der Waals surface area contributed by atoms with Crippen molar-refractivity contribution in [1.29, 1.82) is 0 Å². The smallest absolute Gasteiger partial charge is 0.433 e. The first-order chi connectivity index (χ1) is 5.08. The Balaban J connectivity index is 0.00000121. The standard InChI is InChI=1S/C7H4F3O.Y/c8-7(9,10)11-6-4-2-1-3-5-6;/h1-4H;/q-1;. The van der Waals surface area contributed by atoms with Crippen LogP contribution < -0.4 is 4.74 Å². The number of alkyl halides is 3. The number of hydrogen-bond donors (Lipinski definition) is 0. The molecule has 1 nitrogen and oxygen atoms in total. The van der Waals surface area contributed by atoms with E-state index in [9.17, 15) is 13.2 Å². The Hall–Kier alpha value is -0.0861. The van der Waals surface area contributed by atoms with Crippen molar-refractivity contribution >= 4 is 0 Å². The molecule has 0 aromatic heterocycles. The Kier molecular flexibility index (Phi) is 4.79. The Morgan fingerprint density at radius 3 is 2.33 bits per heavy atom. The van der Waals surface area contributed by atoms with Crippen LogP contribution in [-0.4, -0.2) is 6.36 Å². The summed E-state index contributed by atoms with van der Waals surface area (Å²) in [6.45, 7) is 0. The van der Waals surface area contributed by atoms with Gasteiger partial charge in [-0.25, -0.2) is 0 Å². The van der Waals surface area contributed by atoms with Gasteiger partial charge in [0.1, 0.15) is 0 Å². The van der Waals surface area contributed by atoms with Gasteiger partial charge in [0.2, 0.25) is 0 Å². The summed E-state index contributed by atoms with van der Waals surface area (Å²) in [4.78, 5) is 0. The number of halogens is 3. The maximum Gasteiger partial charge on any atom is 0.571 e. The molecule has 1 aromatic carbocycles. The Bertz CT molecular complexity index is 222. The molecule has 0 heterocycles. The number of ether oxygens (including phenoxy) is 1. The minimum absolute atomic E-state index is 0. The van der Waals surface area contributed by atoms with Crippen molar-refractivity contribution in [1.82, 2.24) is 0 Å². The van der Waals surface area contributed by atoms with Gasteiger partial charge in [0, 0.05) is 38.5 Å². The summed E-state index contributed by atoms with van der Waals surface area (Å²) in [7, 11) is 0. The average molecular weight is 250 g/mol. The van der Waals surface area contributed by atoms with Crippen molar-refractivity contribution in [3.05, 3.63) is 30.3 Å². The molecule has 63 valence electrons. The van der Waals surface area contributed by atoms with Gasteiger partial charge in [-0.3, -0.25) is 0 Å². The fourth-order valence-electron chi connectivity index (χ4n) is 0.565. The van der Waals surface area contributed by atoms with Crippen LogP contribution >= 0.6 is 0 Å². The van der Waals surface area contributed by atoms with Crippen molar-refractivity contribution in [2.45, 2.75) is 6.36 Å². The normalized spacial score (nSPS) is 10.2. The molecule has 0 saturated carbocycles. The minimum atomic E-state index is -4.63. The Labute approximate surface area is 92.8 Å². The van der Waals surface area contributed by atoms with Gasteiger partial charge in [0.25, 0.3) is 0 Å². The fraction of sp³-hybridized carbons (Fsp3) is 0.143. The monoisotopic (exact) mass is 250 g/mol. The third-order valence-electron chi connectivity index (χ3n) is 0.906. The molecule has 0 atom stereocenters. The summed E-state index contributed by atoms with van der Waals surface area (Å²) >= 11 is 0. The topological polar surface area (TPSA) is 9.23 Å². The summed E-state index contributed by atoms with van der Waals surface area (Å²) in [5, 5.41) is 0. The van der Waals surface area contributed by atoms with Gasteiger partial charge in [-0.15, -0.1) is 25.3 Å². The van der Waals surface area contributed by atoms with Crippen LogP contribution in [0, 0.1) is 6.07 Å². The molecule has 1 rings (SSSR count). The molecule has 0 aliphatic carbocycles. The second-order valence-electron chi connectivity index (χ2n) is 1.77. The molecule has 1 radical (unpaired) electrons. The maximum absolute atomic E-state index is 11.5. The first-order valence-corrected chi connectivity index (χ1v) is 2.80. The van der Waals surface area contributed by atoms with Crippen molar-refractivity contribution in [3.8, 4) is 5.75 Å². The maximum atomic E-state index is 11.5. The number of hydrogen-bond acceptors (Lipinski definition) is 1. The second-order valence-corrected chi connectivity index (χ2v) is 1.77. The van der Waals surface area contributed by atoms with Crippen LogP contribution in [0.5, 0.6) is 5.75 Å². The Morgan fingerprint density at radius 2 is 1.92 bits per heavy atom. The van der Waals surface area contributed by atoms with Crippen LogP contribution in [0.1, 0.15) is 0 Å². The van der Waals surface area contributed by atoms with E-state index in [1.54, 1.807) is 6.07 Å². The first kappa shape index (κ1) is 11.9. The van der Waals surface area contributed by atoms with Gasteiger partial charge in [-0.2, -0.15) is 18.2 Å². The number of rotatable bonds is 1. The summed E-state index contributed by atoms with van der Waals surface area (Å²) in [6.07, 6.45) is -4.63. The van der Waals surface area contributed by atoms with Gasteiger partial charge in [-0.1, -0.05) is 0 Å². The predicted octanol–water partition coefficient (Wildman–Crippen LogP) is 2.38. The van der Waals surface area contributed by atoms with E-state index in [-0.39, 0.29) is 38.5 Å². The third-order valence-corrected chi connectivity index (χ3v) is 0.906. The van der Waals surface area contributed by atoms with E-state index in [0.717, 1.165) is 0 Å². The summed E-state index contributed by atoms with van der Waals surface area (Å²) < 4.78 is 38.0. The summed E-state index contributed by atoms with van der Waals surface area (Å²) in [5.41, 5.74) is 0. The molecule has 0 unspecified atom stereocenters. The van der Waals surface area contributed by atoms with Gasteiger partial charge in [0.05, 0.1) is 0 Å². The zero-order valence-electron chi connectivity index (χ0n) is 5.93. The third kappa shape index (κ3) is 4.72. The van der Waals surface area contributed by atoms with Crippen LogP contribution in [0.2, 0.25) is 0 Å². The SMILES string of the molecule is FC(F)(F)Oc1[c-]cccc1.[Y]. The van der Waals surface area contributed by atoms with Crippen LogP contribution in [-0.2, 0) is 32.7 Å². The van der Waals surface area contributed by atoms with E-state index in [1.807, 2.05) is 0 Å². The molecule has 0 amide bonds. The van der Waals surface area contributed by atoms with Crippen molar-refractivity contribution in [2.75, 3.05) is 0 Å². The molecule has 0 aliphatic rings. The van der Waals surface area contributed by atoms with E-state index < -0.39 is 6.36 Å². The molecular weight excluding hydrogens is 246 g/mol. The summed E-state index contributed by atoms with van der Waals surface area (Å²) in [5.74, 6) is -0.319. The molecule has 0 spiro atoms. The van der Waals surface area contributed by atoms with Crippen LogP contribution in [0.15, 0.2) is 24.3 Å². The van der Waals surface area contributed by atoms with E-state index in [0.29, 0.717) is 0 Å². The number of para-hydroxylation sites is 1. The second kappa shape index (κ2) is 4.82. The predicted molar refractivity (Wildman–Crippen MR) is 32.0 cm³/mol. The van der Waals surface area contributed by atoms with Gasteiger partial charge >= 0.3 is 6.36 Å². The van der Waals surface area contributed by atoms with Gasteiger partial charge in [0.15, 0.2) is 0 Å². The molecule has 0 bridgehead atoms. The molecule has 0 N–H and O–H groups in total. The van der Waals surface area contributed by atoms with E-state index >= 15 is 0 Å². The van der Waals surface area contributed by atoms with E-state index in [1.165, 1.54) is 18.2 Å². The van der Waals surface area contributed by atoms with Crippen molar-refractivity contribution < 1.29 is 50.6 Å². The Morgan fingerprint density at radius 1 is 1.25 bits per heavy atom. The van der Waals surface area contributed by atoms with Crippen molar-refractivity contribution in [2.24, 2.45) is 0 Å². The van der Waals surface area contributed by atoms with E-state index in [4.69, 9.17) is 0 Å². The van der Waals surface area contributed by atoms with Crippen LogP contribution in [0.4, 0.5) is 13.2 Å². The molecule has 0 saturated heterocycles. The quantitative estimate of drug-likeness (QED) is 0.695. The first-order valence-electron chi connectivity index (χ1n) is 2.80. The number of benzene rings is 1. The zero-order chi connectivity index (χ0) is 8.32. The molecule has 5 heteroatoms. The summed E-state index contributed by atoms with van der Waals surface area (Å²) in [6, 6.07) is 7.82. The molecular formula is C7H4F3OY-. The van der Waals surface area contributed by atoms with Crippen LogP contribution in [0.3, 0.4) is 0 Å². The van der Waals surface area contributed by atoms with Gasteiger partial charge < -0.3 is 4.74 Å². The van der Waals surface area contributed by atoms with E-state index in [2.05, 4.69) is 10.8 Å². The average Bonchev–Trinajstić information content (AvgIpc) is 1.85. The molecule has 0 aliphatic heterocycles. The zero-order valence-corrected chi connectivity index (χ0v) is 8.77. The van der Waals surface area contributed by atoms with Gasteiger partial charge in [-0.05, 0) is 0 Å². The molecule has 12 heavy (non-hydrogen) atoms. The fourth-order valence-corrected chi connectivity index (χ4v) is 0.565. The van der Waals surface area contributed by atoms with Crippen molar-refractivity contribution in [3.63, 3.8) is 0 Å². The minimum Gasteiger partial charge on any atom is -0.433 e. The van der Waals surface area contributed by atoms with Crippen LogP contribution in [0.25, 0.3) is 0 Å². The molecule has 0 fully saturated rings.